The molecule has 4 heteroatoms. The molecule has 1 fully saturated rings. The van der Waals surface area contributed by atoms with Crippen molar-refractivity contribution in [1.82, 2.24) is 15.0 Å². The van der Waals surface area contributed by atoms with Crippen molar-refractivity contribution in [2.75, 3.05) is 0 Å². The SMILES string of the molecule is [B]c1cnc2nc(C3CC3)[nH]c2c1. The van der Waals surface area contributed by atoms with E-state index in [-0.39, 0.29) is 0 Å². The maximum atomic E-state index is 5.61. The van der Waals surface area contributed by atoms with Crippen LogP contribution in [0, 0.1) is 0 Å². The molecule has 0 bridgehead atoms. The number of nitrogens with one attached hydrogen (secondary N) is 1. The van der Waals surface area contributed by atoms with Crippen molar-refractivity contribution in [3.63, 3.8) is 0 Å². The Morgan fingerprint density at radius 1 is 1.46 bits per heavy atom. The molecule has 3 nitrogen and oxygen atoms in total. The van der Waals surface area contributed by atoms with Crippen molar-refractivity contribution in [1.29, 1.82) is 0 Å². The van der Waals surface area contributed by atoms with Crippen LogP contribution in [0.3, 0.4) is 0 Å². The fourth-order valence-corrected chi connectivity index (χ4v) is 1.48. The number of pyridine rings is 1. The molecular formula is C9H8BN3. The van der Waals surface area contributed by atoms with Crippen LogP contribution in [-0.4, -0.2) is 22.8 Å². The second kappa shape index (κ2) is 2.34. The highest BCUT2D eigenvalue weighted by atomic mass is 15.0. The van der Waals surface area contributed by atoms with Crippen LogP contribution in [0.2, 0.25) is 0 Å². The Kier molecular flexibility index (Phi) is 1.28. The quantitative estimate of drug-likeness (QED) is 0.636. The van der Waals surface area contributed by atoms with Gasteiger partial charge in [0.1, 0.15) is 13.7 Å². The minimum absolute atomic E-state index is 0.635. The molecule has 3 rings (SSSR count). The van der Waals surface area contributed by atoms with E-state index in [4.69, 9.17) is 7.85 Å². The normalized spacial score (nSPS) is 16.6. The minimum Gasteiger partial charge on any atom is -0.340 e. The molecule has 0 saturated heterocycles. The average Bonchev–Trinajstić information content (AvgIpc) is 2.87. The third-order valence-corrected chi connectivity index (χ3v) is 2.34. The third kappa shape index (κ3) is 1.13. The van der Waals surface area contributed by atoms with E-state index in [0.29, 0.717) is 11.4 Å². The second-order valence-corrected chi connectivity index (χ2v) is 3.54. The van der Waals surface area contributed by atoms with Gasteiger partial charge in [0.2, 0.25) is 0 Å². The zero-order valence-electron chi connectivity index (χ0n) is 7.12. The molecule has 13 heavy (non-hydrogen) atoms. The Balaban J connectivity index is 2.20. The largest absolute Gasteiger partial charge is 0.340 e. The molecule has 0 amide bonds. The summed E-state index contributed by atoms with van der Waals surface area (Å²) in [6.07, 6.45) is 4.13. The van der Waals surface area contributed by atoms with Gasteiger partial charge in [0.15, 0.2) is 5.65 Å². The van der Waals surface area contributed by atoms with Gasteiger partial charge in [-0.25, -0.2) is 9.97 Å². The van der Waals surface area contributed by atoms with E-state index in [1.807, 2.05) is 6.07 Å². The van der Waals surface area contributed by atoms with Crippen molar-refractivity contribution in [2.24, 2.45) is 0 Å². The van der Waals surface area contributed by atoms with Crippen LogP contribution >= 0.6 is 0 Å². The first kappa shape index (κ1) is 7.12. The summed E-state index contributed by atoms with van der Waals surface area (Å²) in [6.45, 7) is 0. The van der Waals surface area contributed by atoms with Gasteiger partial charge >= 0.3 is 0 Å². The highest BCUT2D eigenvalue weighted by molar-refractivity contribution is 6.32. The summed E-state index contributed by atoms with van der Waals surface area (Å²) in [6, 6.07) is 1.88. The van der Waals surface area contributed by atoms with E-state index >= 15 is 0 Å². The highest BCUT2D eigenvalue weighted by Crippen LogP contribution is 2.38. The van der Waals surface area contributed by atoms with Gasteiger partial charge in [-0.1, -0.05) is 5.46 Å². The maximum absolute atomic E-state index is 5.61. The van der Waals surface area contributed by atoms with Gasteiger partial charge in [-0.15, -0.1) is 0 Å². The van der Waals surface area contributed by atoms with Crippen LogP contribution in [-0.2, 0) is 0 Å². The Morgan fingerprint density at radius 3 is 3.08 bits per heavy atom. The number of hydrogen-bond donors (Lipinski definition) is 1. The molecule has 1 saturated carbocycles. The lowest BCUT2D eigenvalue weighted by Crippen LogP contribution is -2.01. The van der Waals surface area contributed by atoms with E-state index in [2.05, 4.69) is 15.0 Å². The van der Waals surface area contributed by atoms with E-state index in [1.54, 1.807) is 6.20 Å². The Hall–Kier alpha value is -1.32. The molecule has 0 atom stereocenters. The van der Waals surface area contributed by atoms with E-state index in [0.717, 1.165) is 17.0 Å². The highest BCUT2D eigenvalue weighted by Gasteiger charge is 2.26. The standard InChI is InChI=1S/C9H8BN3/c10-6-3-7-9(11-4-6)13-8(12-7)5-1-2-5/h3-5H,1-2H2,(H,11,12,13). The van der Waals surface area contributed by atoms with Crippen LogP contribution < -0.4 is 5.46 Å². The minimum atomic E-state index is 0.635. The van der Waals surface area contributed by atoms with Crippen LogP contribution in [0.4, 0.5) is 0 Å². The first-order chi connectivity index (χ1) is 6.33. The van der Waals surface area contributed by atoms with Gasteiger partial charge in [-0.3, -0.25) is 0 Å². The summed E-state index contributed by atoms with van der Waals surface area (Å²) >= 11 is 0. The summed E-state index contributed by atoms with van der Waals surface area (Å²) in [4.78, 5) is 11.8. The lowest BCUT2D eigenvalue weighted by atomic mass is 9.99. The Labute approximate surface area is 77.0 Å². The number of rotatable bonds is 1. The molecule has 62 valence electrons. The molecule has 2 radical (unpaired) electrons. The summed E-state index contributed by atoms with van der Waals surface area (Å²) < 4.78 is 0. The fraction of sp³-hybridized carbons (Fsp3) is 0.333. The zero-order valence-corrected chi connectivity index (χ0v) is 7.12. The van der Waals surface area contributed by atoms with Crippen molar-refractivity contribution >= 4 is 24.5 Å². The fourth-order valence-electron chi connectivity index (χ4n) is 1.48. The summed E-state index contributed by atoms with van der Waals surface area (Å²) in [5.41, 5.74) is 2.40. The number of aromatic amines is 1. The lowest BCUT2D eigenvalue weighted by Gasteiger charge is -1.88. The second-order valence-electron chi connectivity index (χ2n) is 3.54. The Morgan fingerprint density at radius 2 is 2.31 bits per heavy atom. The lowest BCUT2D eigenvalue weighted by molar-refractivity contribution is 0.983. The molecule has 0 unspecified atom stereocenters. The number of fused-ring (bicyclic) bond motifs is 1. The van der Waals surface area contributed by atoms with E-state index in [9.17, 15) is 0 Å². The van der Waals surface area contributed by atoms with Crippen molar-refractivity contribution in [3.8, 4) is 0 Å². The van der Waals surface area contributed by atoms with Crippen molar-refractivity contribution in [3.05, 3.63) is 18.1 Å². The summed E-state index contributed by atoms with van der Waals surface area (Å²) in [5.74, 6) is 1.70. The average molecular weight is 169 g/mol. The summed E-state index contributed by atoms with van der Waals surface area (Å²) in [5, 5.41) is 0. The topological polar surface area (TPSA) is 41.6 Å². The van der Waals surface area contributed by atoms with E-state index in [1.165, 1.54) is 12.8 Å². The molecule has 1 aliphatic rings. The number of hydrogen-bond acceptors (Lipinski definition) is 2. The van der Waals surface area contributed by atoms with E-state index < -0.39 is 0 Å². The van der Waals surface area contributed by atoms with Gasteiger partial charge in [-0.05, 0) is 18.9 Å². The van der Waals surface area contributed by atoms with Crippen LogP contribution in [0.25, 0.3) is 11.2 Å². The van der Waals surface area contributed by atoms with Crippen LogP contribution in [0.1, 0.15) is 24.6 Å². The smallest absolute Gasteiger partial charge is 0.177 e. The first-order valence-corrected chi connectivity index (χ1v) is 4.44. The van der Waals surface area contributed by atoms with Crippen LogP contribution in [0.15, 0.2) is 12.3 Å². The molecule has 2 aromatic heterocycles. The number of imidazole rings is 1. The predicted molar refractivity (Wildman–Crippen MR) is 51.3 cm³/mol. The number of aromatic nitrogens is 3. The molecule has 2 aromatic rings. The molecule has 2 heterocycles. The Bertz CT molecular complexity index is 459. The first-order valence-electron chi connectivity index (χ1n) is 4.44. The molecule has 0 aliphatic heterocycles. The number of nitrogens with zero attached hydrogens (tertiary/aromatic N) is 2. The van der Waals surface area contributed by atoms with Gasteiger partial charge < -0.3 is 4.98 Å². The third-order valence-electron chi connectivity index (χ3n) is 2.34. The molecule has 1 aliphatic carbocycles. The van der Waals surface area contributed by atoms with Gasteiger partial charge in [0, 0.05) is 12.1 Å². The zero-order chi connectivity index (χ0) is 8.84. The monoisotopic (exact) mass is 169 g/mol. The molecular weight excluding hydrogens is 161 g/mol. The maximum Gasteiger partial charge on any atom is 0.177 e. The van der Waals surface area contributed by atoms with Gasteiger partial charge in [0.25, 0.3) is 0 Å². The van der Waals surface area contributed by atoms with Crippen molar-refractivity contribution < 1.29 is 0 Å². The molecule has 1 N–H and O–H groups in total. The molecule has 0 spiro atoms. The van der Waals surface area contributed by atoms with Crippen LogP contribution in [0.5, 0.6) is 0 Å². The molecule has 0 aromatic carbocycles. The van der Waals surface area contributed by atoms with Gasteiger partial charge in [-0.2, -0.15) is 0 Å². The van der Waals surface area contributed by atoms with Gasteiger partial charge in [0.05, 0.1) is 5.52 Å². The van der Waals surface area contributed by atoms with Crippen molar-refractivity contribution in [2.45, 2.75) is 18.8 Å². The number of H-pyrrole nitrogens is 1. The predicted octanol–water partition coefficient (Wildman–Crippen LogP) is 0.629. The summed E-state index contributed by atoms with van der Waals surface area (Å²) in [7, 11) is 5.61.